The van der Waals surface area contributed by atoms with Crippen molar-refractivity contribution < 1.29 is 4.79 Å². The van der Waals surface area contributed by atoms with E-state index in [1.165, 1.54) is 42.3 Å². The van der Waals surface area contributed by atoms with Gasteiger partial charge < -0.3 is 10.3 Å². The minimum absolute atomic E-state index is 0.261. The first-order valence-corrected chi connectivity index (χ1v) is 10.1. The minimum atomic E-state index is 0.261. The van der Waals surface area contributed by atoms with E-state index in [4.69, 9.17) is 11.6 Å². The monoisotopic (exact) mass is 356 g/mol. The first kappa shape index (κ1) is 15.7. The molecule has 2 N–H and O–H groups in total. The number of nitrogens with one attached hydrogen (secondary N) is 2. The van der Waals surface area contributed by atoms with Crippen molar-refractivity contribution in [2.45, 2.75) is 57.4 Å². The average molecular weight is 357 g/mol. The Morgan fingerprint density at radius 1 is 1.24 bits per heavy atom. The van der Waals surface area contributed by atoms with Crippen LogP contribution in [0.3, 0.4) is 0 Å². The number of aromatic amines is 1. The SMILES string of the molecule is O=C(C[C@@H]1C[C@@H]2CC[C@H]1C2)N[C@@H]1CCc2[nH]c3ccc(Cl)cc3c2C1. The van der Waals surface area contributed by atoms with Crippen molar-refractivity contribution in [1.29, 1.82) is 0 Å². The highest BCUT2D eigenvalue weighted by molar-refractivity contribution is 6.31. The summed E-state index contributed by atoms with van der Waals surface area (Å²) < 4.78 is 0. The highest BCUT2D eigenvalue weighted by Gasteiger charge is 2.40. The van der Waals surface area contributed by atoms with Gasteiger partial charge in [0, 0.05) is 34.1 Å². The third kappa shape index (κ3) is 2.87. The number of carbonyl (C=O) groups is 1. The fourth-order valence-corrected chi connectivity index (χ4v) is 5.84. The predicted octanol–water partition coefficient (Wildman–Crippen LogP) is 4.62. The van der Waals surface area contributed by atoms with E-state index in [9.17, 15) is 4.79 Å². The molecule has 3 aliphatic rings. The Morgan fingerprint density at radius 2 is 2.16 bits per heavy atom. The van der Waals surface area contributed by atoms with Crippen LogP contribution in [0.5, 0.6) is 0 Å². The zero-order valence-electron chi connectivity index (χ0n) is 14.5. The van der Waals surface area contributed by atoms with Gasteiger partial charge in [0.2, 0.25) is 5.91 Å². The van der Waals surface area contributed by atoms with Crippen LogP contribution in [0.25, 0.3) is 10.9 Å². The van der Waals surface area contributed by atoms with Crippen molar-refractivity contribution in [3.8, 4) is 0 Å². The van der Waals surface area contributed by atoms with Crippen LogP contribution in [0, 0.1) is 17.8 Å². The number of rotatable bonds is 3. The molecule has 0 spiro atoms. The molecule has 132 valence electrons. The molecule has 1 aromatic carbocycles. The molecule has 3 aliphatic carbocycles. The van der Waals surface area contributed by atoms with Crippen LogP contribution in [0.2, 0.25) is 5.02 Å². The Balaban J connectivity index is 1.26. The molecule has 25 heavy (non-hydrogen) atoms. The lowest BCUT2D eigenvalue weighted by molar-refractivity contribution is -0.123. The molecule has 0 aliphatic heterocycles. The Labute approximate surface area is 153 Å². The fraction of sp³-hybridized carbons (Fsp3) is 0.571. The summed E-state index contributed by atoms with van der Waals surface area (Å²) >= 11 is 6.18. The summed E-state index contributed by atoms with van der Waals surface area (Å²) in [6, 6.07) is 6.29. The van der Waals surface area contributed by atoms with Crippen molar-refractivity contribution in [3.05, 3.63) is 34.5 Å². The van der Waals surface area contributed by atoms with E-state index in [1.54, 1.807) is 0 Å². The number of fused-ring (bicyclic) bond motifs is 5. The molecule has 1 amide bonds. The second kappa shape index (κ2) is 6.05. The number of amides is 1. The molecule has 4 atom stereocenters. The summed E-state index contributed by atoms with van der Waals surface area (Å²) in [5, 5.41) is 5.32. The zero-order valence-corrected chi connectivity index (χ0v) is 15.2. The van der Waals surface area contributed by atoms with Gasteiger partial charge in [-0.05, 0) is 80.0 Å². The molecule has 4 heteroatoms. The van der Waals surface area contributed by atoms with Gasteiger partial charge in [-0.1, -0.05) is 18.0 Å². The molecule has 3 nitrogen and oxygen atoms in total. The molecule has 5 rings (SSSR count). The van der Waals surface area contributed by atoms with E-state index >= 15 is 0 Å². The third-order valence-corrected chi connectivity index (χ3v) is 7.08. The van der Waals surface area contributed by atoms with Crippen molar-refractivity contribution in [1.82, 2.24) is 10.3 Å². The van der Waals surface area contributed by atoms with Crippen molar-refractivity contribution in [3.63, 3.8) is 0 Å². The summed E-state index contributed by atoms with van der Waals surface area (Å²) in [5.74, 6) is 2.65. The largest absolute Gasteiger partial charge is 0.358 e. The number of carbonyl (C=O) groups excluding carboxylic acids is 1. The highest BCUT2D eigenvalue weighted by atomic mass is 35.5. The van der Waals surface area contributed by atoms with Gasteiger partial charge in [-0.2, -0.15) is 0 Å². The molecule has 2 fully saturated rings. The lowest BCUT2D eigenvalue weighted by atomic mass is 9.86. The summed E-state index contributed by atoms with van der Waals surface area (Å²) in [7, 11) is 0. The topological polar surface area (TPSA) is 44.9 Å². The Morgan fingerprint density at radius 3 is 2.96 bits per heavy atom. The van der Waals surface area contributed by atoms with Crippen LogP contribution in [0.1, 0.15) is 49.8 Å². The molecule has 2 bridgehead atoms. The Kier molecular flexibility index (Phi) is 3.81. The van der Waals surface area contributed by atoms with E-state index < -0.39 is 0 Å². The van der Waals surface area contributed by atoms with E-state index in [0.29, 0.717) is 5.92 Å². The van der Waals surface area contributed by atoms with Crippen LogP contribution in [-0.2, 0) is 17.6 Å². The summed E-state index contributed by atoms with van der Waals surface area (Å²) in [6.07, 6.45) is 9.09. The number of H-pyrrole nitrogens is 1. The molecule has 0 saturated heterocycles. The number of benzene rings is 1. The van der Waals surface area contributed by atoms with Gasteiger partial charge in [0.25, 0.3) is 0 Å². The van der Waals surface area contributed by atoms with E-state index in [2.05, 4.69) is 16.4 Å². The van der Waals surface area contributed by atoms with Gasteiger partial charge in [-0.3, -0.25) is 4.79 Å². The smallest absolute Gasteiger partial charge is 0.220 e. The Hall–Kier alpha value is -1.48. The molecular formula is C21H25ClN2O. The maximum Gasteiger partial charge on any atom is 0.220 e. The predicted molar refractivity (Wildman–Crippen MR) is 101 cm³/mol. The average Bonchev–Trinajstić information content (AvgIpc) is 3.28. The van der Waals surface area contributed by atoms with Gasteiger partial charge in [-0.15, -0.1) is 0 Å². The van der Waals surface area contributed by atoms with E-state index in [1.807, 2.05) is 12.1 Å². The highest BCUT2D eigenvalue weighted by Crippen LogP contribution is 2.49. The van der Waals surface area contributed by atoms with Gasteiger partial charge in [0.15, 0.2) is 0 Å². The van der Waals surface area contributed by atoms with Crippen molar-refractivity contribution in [2.75, 3.05) is 0 Å². The van der Waals surface area contributed by atoms with E-state index in [-0.39, 0.29) is 11.9 Å². The van der Waals surface area contributed by atoms with Gasteiger partial charge in [-0.25, -0.2) is 0 Å². The zero-order chi connectivity index (χ0) is 17.0. The number of aromatic nitrogens is 1. The van der Waals surface area contributed by atoms with Crippen LogP contribution in [0.15, 0.2) is 18.2 Å². The van der Waals surface area contributed by atoms with Crippen LogP contribution in [-0.4, -0.2) is 16.9 Å². The number of hydrogen-bond donors (Lipinski definition) is 2. The molecule has 0 radical (unpaired) electrons. The standard InChI is InChI=1S/C21H25ClN2O/c22-15-3-5-19-17(10-15)18-11-16(4-6-20(18)24-19)23-21(25)9-14-8-12-1-2-13(14)7-12/h3,5,10,12-14,16,24H,1-2,4,6-9,11H2,(H,23,25)/t12-,13+,14+,16-/m1/s1. The van der Waals surface area contributed by atoms with Crippen LogP contribution < -0.4 is 5.32 Å². The maximum atomic E-state index is 12.6. The molecule has 1 aromatic heterocycles. The number of halogens is 1. The maximum absolute atomic E-state index is 12.6. The molecular weight excluding hydrogens is 332 g/mol. The molecule has 0 unspecified atom stereocenters. The van der Waals surface area contributed by atoms with Gasteiger partial charge in [0.1, 0.15) is 0 Å². The second-order valence-corrected chi connectivity index (χ2v) is 8.85. The fourth-order valence-electron chi connectivity index (χ4n) is 5.66. The minimum Gasteiger partial charge on any atom is -0.358 e. The lowest BCUT2D eigenvalue weighted by Gasteiger charge is -2.26. The summed E-state index contributed by atoms with van der Waals surface area (Å²) in [5.41, 5.74) is 3.81. The number of aryl methyl sites for hydroxylation is 1. The van der Waals surface area contributed by atoms with Gasteiger partial charge in [0.05, 0.1) is 0 Å². The number of hydrogen-bond acceptors (Lipinski definition) is 1. The normalized spacial score (nSPS) is 30.6. The first-order chi connectivity index (χ1) is 12.2. The first-order valence-electron chi connectivity index (χ1n) is 9.74. The quantitative estimate of drug-likeness (QED) is 0.828. The summed E-state index contributed by atoms with van der Waals surface area (Å²) in [6.45, 7) is 0. The third-order valence-electron chi connectivity index (χ3n) is 6.85. The molecule has 2 aromatic rings. The molecule has 2 saturated carbocycles. The van der Waals surface area contributed by atoms with Crippen LogP contribution in [0.4, 0.5) is 0 Å². The van der Waals surface area contributed by atoms with Gasteiger partial charge >= 0.3 is 0 Å². The van der Waals surface area contributed by atoms with Crippen LogP contribution >= 0.6 is 11.6 Å². The second-order valence-electron chi connectivity index (χ2n) is 8.42. The Bertz CT molecular complexity index is 827. The molecule has 1 heterocycles. The van der Waals surface area contributed by atoms with Crippen molar-refractivity contribution in [2.24, 2.45) is 17.8 Å². The van der Waals surface area contributed by atoms with Crippen molar-refractivity contribution >= 4 is 28.4 Å². The lowest BCUT2D eigenvalue weighted by Crippen LogP contribution is -2.39. The summed E-state index contributed by atoms with van der Waals surface area (Å²) in [4.78, 5) is 16.1. The van der Waals surface area contributed by atoms with E-state index in [0.717, 1.165) is 48.1 Å².